The number of hydrogen-bond donors (Lipinski definition) is 4. The molecule has 2 aromatic rings. The highest BCUT2D eigenvalue weighted by Gasteiger charge is 2.25. The number of phenolic OH excluding ortho intramolecular Hbond substituents is 1. The number of aromatic hydroxyl groups is 1. The number of phenols is 1. The van der Waals surface area contributed by atoms with Gasteiger partial charge in [0, 0.05) is 32.1 Å². The predicted molar refractivity (Wildman–Crippen MR) is 150 cm³/mol. The van der Waals surface area contributed by atoms with E-state index >= 15 is 0 Å². The number of nitrogens with one attached hydrogen (secondary N) is 3. The summed E-state index contributed by atoms with van der Waals surface area (Å²) in [6.07, 6.45) is 7.16. The molecule has 2 amide bonds. The van der Waals surface area contributed by atoms with Crippen molar-refractivity contribution in [3.8, 4) is 11.5 Å². The maximum atomic E-state index is 14.1. The second-order valence-electron chi connectivity index (χ2n) is 10.1. The van der Waals surface area contributed by atoms with Crippen LogP contribution in [0.25, 0.3) is 0 Å². The maximum Gasteiger partial charge on any atom is 0.262 e. The van der Waals surface area contributed by atoms with E-state index in [-0.39, 0.29) is 41.1 Å². The first-order valence-corrected chi connectivity index (χ1v) is 14.2. The van der Waals surface area contributed by atoms with Crippen molar-refractivity contribution < 1.29 is 23.8 Å². The Morgan fingerprint density at radius 1 is 1.05 bits per heavy atom. The van der Waals surface area contributed by atoms with Crippen molar-refractivity contribution >= 4 is 29.1 Å². The van der Waals surface area contributed by atoms with Crippen LogP contribution in [-0.4, -0.2) is 67.2 Å². The molecular formula is C29H38ClFN4O4. The quantitative estimate of drug-likeness (QED) is 0.218. The summed E-state index contributed by atoms with van der Waals surface area (Å²) in [5.74, 6) is -0.0197. The lowest BCUT2D eigenvalue weighted by Gasteiger charge is -2.34. The van der Waals surface area contributed by atoms with Gasteiger partial charge >= 0.3 is 0 Å². The molecule has 2 aliphatic rings. The molecular weight excluding hydrogens is 523 g/mol. The molecule has 2 aromatic carbocycles. The Bertz CT molecular complexity index is 1140. The molecule has 39 heavy (non-hydrogen) atoms. The van der Waals surface area contributed by atoms with E-state index in [0.717, 1.165) is 31.2 Å². The second-order valence-corrected chi connectivity index (χ2v) is 10.5. The first-order valence-electron chi connectivity index (χ1n) is 13.9. The van der Waals surface area contributed by atoms with Crippen LogP contribution in [0.4, 0.5) is 10.1 Å². The van der Waals surface area contributed by atoms with E-state index in [4.69, 9.17) is 16.3 Å². The van der Waals surface area contributed by atoms with E-state index in [9.17, 15) is 19.1 Å². The third-order valence-corrected chi connectivity index (χ3v) is 7.68. The normalized spacial score (nSPS) is 15.4. The molecule has 1 aliphatic carbocycles. The number of halogens is 2. The molecule has 0 spiro atoms. The second kappa shape index (κ2) is 14.5. The van der Waals surface area contributed by atoms with Crippen molar-refractivity contribution in [2.24, 2.45) is 0 Å². The molecule has 0 radical (unpaired) electrons. The van der Waals surface area contributed by atoms with Crippen LogP contribution in [0.2, 0.25) is 5.02 Å². The lowest BCUT2D eigenvalue weighted by atomic mass is 9.94. The number of carbonyl (C=O) groups excluding carboxylic acids is 2. The fraction of sp³-hybridized carbons (Fsp3) is 0.517. The minimum atomic E-state index is -0.377. The lowest BCUT2D eigenvalue weighted by molar-refractivity contribution is -0.134. The molecule has 1 aliphatic heterocycles. The van der Waals surface area contributed by atoms with Crippen molar-refractivity contribution in [2.45, 2.75) is 57.4 Å². The van der Waals surface area contributed by atoms with Crippen molar-refractivity contribution in [1.29, 1.82) is 0 Å². The number of carbonyl (C=O) groups is 2. The van der Waals surface area contributed by atoms with Crippen molar-refractivity contribution in [1.82, 2.24) is 15.5 Å². The lowest BCUT2D eigenvalue weighted by Crippen LogP contribution is -2.45. The van der Waals surface area contributed by atoms with Gasteiger partial charge in [-0.2, -0.15) is 0 Å². The SMILES string of the molecule is O=C1COc2c(CCNCCN(C(=O)CCNCCc3cccc(Cl)c3F)C3CCCCC3)ccc(O)c2N1. The Balaban J connectivity index is 1.22. The van der Waals surface area contributed by atoms with Crippen molar-refractivity contribution in [3.05, 3.63) is 52.3 Å². The topological polar surface area (TPSA) is 103 Å². The van der Waals surface area contributed by atoms with Crippen molar-refractivity contribution in [2.75, 3.05) is 44.6 Å². The summed E-state index contributed by atoms with van der Waals surface area (Å²) in [4.78, 5) is 26.8. The zero-order chi connectivity index (χ0) is 27.6. The minimum absolute atomic E-state index is 0.0116. The number of anilines is 1. The first kappa shape index (κ1) is 29.1. The standard InChI is InChI=1S/C29H38ClFN4O4/c30-23-8-4-5-20(27(23)31)11-14-32-16-13-26(38)35(22-6-2-1-3-7-22)18-17-33-15-12-21-9-10-24(36)28-29(21)39-19-25(37)34-28/h4-5,8-10,22,32-33,36H,1-3,6-7,11-19H2,(H,34,37). The summed E-state index contributed by atoms with van der Waals surface area (Å²) in [6.45, 7) is 3.02. The van der Waals surface area contributed by atoms with E-state index in [0.29, 0.717) is 69.0 Å². The number of hydrogen-bond acceptors (Lipinski definition) is 6. The zero-order valence-corrected chi connectivity index (χ0v) is 23.0. The molecule has 4 N–H and O–H groups in total. The largest absolute Gasteiger partial charge is 0.506 e. The average molecular weight is 561 g/mol. The maximum absolute atomic E-state index is 14.1. The molecule has 0 atom stereocenters. The van der Waals surface area contributed by atoms with E-state index < -0.39 is 0 Å². The molecule has 1 fully saturated rings. The van der Waals surface area contributed by atoms with E-state index in [1.54, 1.807) is 24.3 Å². The Labute approximate surface area is 234 Å². The van der Waals surface area contributed by atoms with Gasteiger partial charge < -0.3 is 30.7 Å². The van der Waals surface area contributed by atoms with Crippen LogP contribution in [0.3, 0.4) is 0 Å². The van der Waals surface area contributed by atoms with Gasteiger partial charge in [0.2, 0.25) is 5.91 Å². The summed E-state index contributed by atoms with van der Waals surface area (Å²) < 4.78 is 19.6. The van der Waals surface area contributed by atoms with Crippen LogP contribution < -0.4 is 20.7 Å². The van der Waals surface area contributed by atoms with Crippen LogP contribution in [0.5, 0.6) is 11.5 Å². The Kier molecular flexibility index (Phi) is 10.8. The molecule has 212 valence electrons. The van der Waals surface area contributed by atoms with Crippen molar-refractivity contribution in [3.63, 3.8) is 0 Å². The third-order valence-electron chi connectivity index (χ3n) is 7.38. The Hall–Kier alpha value is -2.88. The number of ether oxygens (including phenoxy) is 1. The van der Waals surface area contributed by atoms with E-state index in [1.807, 2.05) is 4.90 Å². The molecule has 4 rings (SSSR count). The van der Waals surface area contributed by atoms with E-state index in [1.165, 1.54) is 12.5 Å². The van der Waals surface area contributed by atoms with Gasteiger partial charge in [-0.15, -0.1) is 0 Å². The Morgan fingerprint density at radius 3 is 2.59 bits per heavy atom. The highest BCUT2D eigenvalue weighted by molar-refractivity contribution is 6.30. The number of fused-ring (bicyclic) bond motifs is 1. The molecule has 8 nitrogen and oxygen atoms in total. The highest BCUT2D eigenvalue weighted by atomic mass is 35.5. The predicted octanol–water partition coefficient (Wildman–Crippen LogP) is 4.03. The van der Waals surface area contributed by atoms with Gasteiger partial charge in [-0.3, -0.25) is 9.59 Å². The average Bonchev–Trinajstić information content (AvgIpc) is 2.94. The smallest absolute Gasteiger partial charge is 0.262 e. The third kappa shape index (κ3) is 8.06. The number of nitrogens with zero attached hydrogens (tertiary/aromatic N) is 1. The fourth-order valence-electron chi connectivity index (χ4n) is 5.29. The molecule has 0 bridgehead atoms. The van der Waals surface area contributed by atoms with Gasteiger partial charge in [0.05, 0.1) is 5.02 Å². The van der Waals surface area contributed by atoms with Gasteiger partial charge in [-0.05, 0) is 62.0 Å². The van der Waals surface area contributed by atoms with Gasteiger partial charge in [-0.1, -0.05) is 49.1 Å². The highest BCUT2D eigenvalue weighted by Crippen LogP contribution is 2.39. The molecule has 0 saturated heterocycles. The summed E-state index contributed by atoms with van der Waals surface area (Å²) in [6, 6.07) is 8.65. The number of amides is 2. The molecule has 1 heterocycles. The monoisotopic (exact) mass is 560 g/mol. The van der Waals surface area contributed by atoms with Crippen LogP contribution in [0.15, 0.2) is 30.3 Å². The number of benzene rings is 2. The molecule has 0 unspecified atom stereocenters. The molecule has 0 aromatic heterocycles. The summed E-state index contributed by atoms with van der Waals surface area (Å²) in [5.41, 5.74) is 1.80. The molecule has 10 heteroatoms. The Morgan fingerprint density at radius 2 is 1.79 bits per heavy atom. The van der Waals surface area contributed by atoms with Gasteiger partial charge in [0.25, 0.3) is 5.91 Å². The van der Waals surface area contributed by atoms with Gasteiger partial charge in [-0.25, -0.2) is 4.39 Å². The van der Waals surface area contributed by atoms with Gasteiger partial charge in [0.15, 0.2) is 12.4 Å². The van der Waals surface area contributed by atoms with Crippen LogP contribution in [0, 0.1) is 5.82 Å². The van der Waals surface area contributed by atoms with Gasteiger partial charge in [0.1, 0.15) is 17.3 Å². The minimum Gasteiger partial charge on any atom is -0.506 e. The van der Waals surface area contributed by atoms with Crippen LogP contribution in [-0.2, 0) is 22.4 Å². The first-order chi connectivity index (χ1) is 18.9. The van der Waals surface area contributed by atoms with Crippen LogP contribution >= 0.6 is 11.6 Å². The summed E-state index contributed by atoms with van der Waals surface area (Å²) >= 11 is 5.86. The summed E-state index contributed by atoms with van der Waals surface area (Å²) in [5, 5.41) is 19.5. The van der Waals surface area contributed by atoms with E-state index in [2.05, 4.69) is 16.0 Å². The molecule has 1 saturated carbocycles. The summed E-state index contributed by atoms with van der Waals surface area (Å²) in [7, 11) is 0. The van der Waals surface area contributed by atoms with Crippen LogP contribution in [0.1, 0.15) is 49.7 Å². The zero-order valence-electron chi connectivity index (χ0n) is 22.2. The fourth-order valence-corrected chi connectivity index (χ4v) is 5.48. The number of rotatable bonds is 13.